The van der Waals surface area contributed by atoms with Crippen LogP contribution in [0.3, 0.4) is 0 Å². The molecule has 0 N–H and O–H groups in total. The van der Waals surface area contributed by atoms with Crippen molar-refractivity contribution in [2.24, 2.45) is 5.41 Å². The normalized spacial score (nSPS) is 24.6. The Bertz CT molecular complexity index is 702. The zero-order valence-corrected chi connectivity index (χ0v) is 16.6. The summed E-state index contributed by atoms with van der Waals surface area (Å²) in [6.07, 6.45) is 6.12. The minimum Gasteiger partial charge on any atom is -0.355 e. The molecule has 26 heavy (non-hydrogen) atoms. The van der Waals surface area contributed by atoms with Gasteiger partial charge in [0, 0.05) is 43.5 Å². The first-order valence-corrected chi connectivity index (χ1v) is 9.94. The molecule has 3 aliphatic rings. The Morgan fingerprint density at radius 1 is 1.08 bits per heavy atom. The zero-order valence-electron chi connectivity index (χ0n) is 16.6. The number of carbonyl (C=O) groups excluding carboxylic acids is 1. The lowest BCUT2D eigenvalue weighted by molar-refractivity contribution is 0.0666. The molecule has 2 aliphatic heterocycles. The summed E-state index contributed by atoms with van der Waals surface area (Å²) in [5.41, 5.74) is 2.58. The lowest BCUT2D eigenvalue weighted by Crippen LogP contribution is -2.40. The molecule has 1 aliphatic carbocycles. The molecule has 1 spiro atoms. The van der Waals surface area contributed by atoms with Crippen molar-refractivity contribution < 1.29 is 4.79 Å². The van der Waals surface area contributed by atoms with E-state index in [-0.39, 0.29) is 5.91 Å². The van der Waals surface area contributed by atoms with E-state index in [1.807, 2.05) is 11.8 Å². The van der Waals surface area contributed by atoms with Gasteiger partial charge in [-0.25, -0.2) is 9.97 Å². The number of nitrogens with zero attached hydrogens (tertiary/aromatic N) is 5. The minimum atomic E-state index is 0.00760. The lowest BCUT2D eigenvalue weighted by Gasteiger charge is -2.32. The molecule has 6 nitrogen and oxygen atoms in total. The minimum absolute atomic E-state index is 0.00760. The SMILES string of the molecule is Cc1nc(C(=O)N2CCC3(CC2)CC3)nc(N2CC[C@@H](N(C)C)C2)c1C. The Kier molecular flexibility index (Phi) is 4.41. The van der Waals surface area contributed by atoms with Gasteiger partial charge in [-0.05, 0) is 65.5 Å². The molecule has 3 heterocycles. The predicted molar refractivity (Wildman–Crippen MR) is 103 cm³/mol. The fourth-order valence-corrected chi connectivity index (χ4v) is 4.38. The van der Waals surface area contributed by atoms with Gasteiger partial charge >= 0.3 is 0 Å². The molecule has 1 saturated carbocycles. The number of piperidine rings is 1. The second kappa shape index (κ2) is 6.48. The lowest BCUT2D eigenvalue weighted by atomic mass is 9.94. The van der Waals surface area contributed by atoms with Crippen molar-refractivity contribution in [3.63, 3.8) is 0 Å². The summed E-state index contributed by atoms with van der Waals surface area (Å²) in [7, 11) is 4.26. The van der Waals surface area contributed by atoms with E-state index >= 15 is 0 Å². The maximum Gasteiger partial charge on any atom is 0.291 e. The highest BCUT2D eigenvalue weighted by Crippen LogP contribution is 2.53. The number of aryl methyl sites for hydroxylation is 1. The van der Waals surface area contributed by atoms with Crippen LogP contribution in [0, 0.1) is 19.3 Å². The Morgan fingerprint density at radius 3 is 2.35 bits per heavy atom. The molecule has 1 aromatic heterocycles. The van der Waals surface area contributed by atoms with Crippen LogP contribution in [0.5, 0.6) is 0 Å². The van der Waals surface area contributed by atoms with Crippen LogP contribution in [0.15, 0.2) is 0 Å². The largest absolute Gasteiger partial charge is 0.355 e. The molecule has 0 aromatic carbocycles. The van der Waals surface area contributed by atoms with E-state index in [4.69, 9.17) is 4.98 Å². The van der Waals surface area contributed by atoms with Crippen LogP contribution < -0.4 is 4.90 Å². The zero-order chi connectivity index (χ0) is 18.5. The number of rotatable bonds is 3. The third kappa shape index (κ3) is 3.20. The first kappa shape index (κ1) is 17.7. The molecule has 0 radical (unpaired) electrons. The number of hydrogen-bond acceptors (Lipinski definition) is 5. The highest BCUT2D eigenvalue weighted by Gasteiger charge is 2.45. The van der Waals surface area contributed by atoms with Crippen LogP contribution >= 0.6 is 0 Å². The number of likely N-dealkylation sites (N-methyl/N-ethyl adjacent to an activating group) is 1. The molecule has 2 saturated heterocycles. The van der Waals surface area contributed by atoms with Crippen LogP contribution in [0.4, 0.5) is 5.82 Å². The third-order valence-corrected chi connectivity index (χ3v) is 6.82. The summed E-state index contributed by atoms with van der Waals surface area (Å²) in [5.74, 6) is 1.33. The van der Waals surface area contributed by atoms with E-state index in [1.165, 1.54) is 12.8 Å². The Morgan fingerprint density at radius 2 is 1.77 bits per heavy atom. The van der Waals surface area contributed by atoms with Crippen molar-refractivity contribution in [1.82, 2.24) is 19.8 Å². The van der Waals surface area contributed by atoms with Crippen molar-refractivity contribution in [1.29, 1.82) is 0 Å². The highest BCUT2D eigenvalue weighted by atomic mass is 16.2. The molecule has 1 aromatic rings. The molecule has 1 amide bonds. The smallest absolute Gasteiger partial charge is 0.291 e. The number of anilines is 1. The van der Waals surface area contributed by atoms with Crippen LogP contribution in [0.25, 0.3) is 0 Å². The number of aromatic nitrogens is 2. The van der Waals surface area contributed by atoms with Crippen LogP contribution in [0.1, 0.15) is 54.0 Å². The Balaban J connectivity index is 1.53. The van der Waals surface area contributed by atoms with Crippen molar-refractivity contribution in [2.45, 2.75) is 52.0 Å². The number of carbonyl (C=O) groups is 1. The van der Waals surface area contributed by atoms with Gasteiger partial charge in [0.25, 0.3) is 5.91 Å². The Labute approximate surface area is 156 Å². The fraction of sp³-hybridized carbons (Fsp3) is 0.750. The average molecular weight is 358 g/mol. The fourth-order valence-electron chi connectivity index (χ4n) is 4.38. The van der Waals surface area contributed by atoms with Gasteiger partial charge in [-0.2, -0.15) is 0 Å². The molecule has 6 heteroatoms. The van der Waals surface area contributed by atoms with E-state index in [2.05, 4.69) is 35.8 Å². The molecule has 3 fully saturated rings. The van der Waals surface area contributed by atoms with Gasteiger partial charge in [0.2, 0.25) is 5.82 Å². The second-order valence-corrected chi connectivity index (χ2v) is 8.73. The third-order valence-electron chi connectivity index (χ3n) is 6.82. The summed E-state index contributed by atoms with van der Waals surface area (Å²) >= 11 is 0. The monoisotopic (exact) mass is 357 g/mol. The average Bonchev–Trinajstić information content (AvgIpc) is 3.19. The standard InChI is InChI=1S/C20H31N5O/c1-14-15(2)21-17(19(26)24-11-8-20(6-7-20)9-12-24)22-18(14)25-10-5-16(13-25)23(3)4/h16H,5-13H2,1-4H3/t16-/m1/s1. The maximum atomic E-state index is 13.0. The molecule has 0 unspecified atom stereocenters. The van der Waals surface area contributed by atoms with Gasteiger partial charge < -0.3 is 14.7 Å². The van der Waals surface area contributed by atoms with Crippen LogP contribution in [0.2, 0.25) is 0 Å². The van der Waals surface area contributed by atoms with Gasteiger partial charge in [0.15, 0.2) is 0 Å². The number of amides is 1. The predicted octanol–water partition coefficient (Wildman–Crippen LogP) is 2.25. The summed E-state index contributed by atoms with van der Waals surface area (Å²) in [6.45, 7) is 7.73. The van der Waals surface area contributed by atoms with Crippen LogP contribution in [-0.2, 0) is 0 Å². The summed E-state index contributed by atoms with van der Waals surface area (Å²) in [4.78, 5) is 28.9. The molecular weight excluding hydrogens is 326 g/mol. The van der Waals surface area contributed by atoms with Crippen molar-refractivity contribution in [2.75, 3.05) is 45.2 Å². The molecule has 4 rings (SSSR count). The topological polar surface area (TPSA) is 52.6 Å². The number of hydrogen-bond donors (Lipinski definition) is 0. The van der Waals surface area contributed by atoms with Gasteiger partial charge in [-0.1, -0.05) is 0 Å². The summed E-state index contributed by atoms with van der Waals surface area (Å²) in [5, 5.41) is 0. The molecule has 142 valence electrons. The summed E-state index contributed by atoms with van der Waals surface area (Å²) < 4.78 is 0. The van der Waals surface area contributed by atoms with Crippen molar-refractivity contribution >= 4 is 11.7 Å². The maximum absolute atomic E-state index is 13.0. The van der Waals surface area contributed by atoms with E-state index in [0.29, 0.717) is 17.3 Å². The summed E-state index contributed by atoms with van der Waals surface area (Å²) in [6, 6.07) is 0.542. The first-order valence-electron chi connectivity index (χ1n) is 9.94. The first-order chi connectivity index (χ1) is 12.4. The quantitative estimate of drug-likeness (QED) is 0.830. The van der Waals surface area contributed by atoms with Crippen LogP contribution in [-0.4, -0.2) is 72.0 Å². The van der Waals surface area contributed by atoms with Gasteiger partial charge in [0.1, 0.15) is 5.82 Å². The second-order valence-electron chi connectivity index (χ2n) is 8.73. The van der Waals surface area contributed by atoms with E-state index in [1.54, 1.807) is 0 Å². The Hall–Kier alpha value is -1.69. The van der Waals surface area contributed by atoms with E-state index in [0.717, 1.165) is 62.5 Å². The van der Waals surface area contributed by atoms with Gasteiger partial charge in [-0.15, -0.1) is 0 Å². The van der Waals surface area contributed by atoms with E-state index < -0.39 is 0 Å². The van der Waals surface area contributed by atoms with Crippen molar-refractivity contribution in [3.8, 4) is 0 Å². The molecular formula is C20H31N5O. The van der Waals surface area contributed by atoms with E-state index in [9.17, 15) is 4.79 Å². The van der Waals surface area contributed by atoms with Gasteiger partial charge in [0.05, 0.1) is 0 Å². The molecule has 1 atom stereocenters. The van der Waals surface area contributed by atoms with Gasteiger partial charge in [-0.3, -0.25) is 4.79 Å². The van der Waals surface area contributed by atoms with Crippen molar-refractivity contribution in [3.05, 3.63) is 17.1 Å². The molecule has 0 bridgehead atoms. The highest BCUT2D eigenvalue weighted by molar-refractivity contribution is 5.91. The number of likely N-dealkylation sites (tertiary alicyclic amines) is 1.